The van der Waals surface area contributed by atoms with Gasteiger partial charge >= 0.3 is 0 Å². The van der Waals surface area contributed by atoms with Gasteiger partial charge < -0.3 is 0 Å². The summed E-state index contributed by atoms with van der Waals surface area (Å²) in [5.41, 5.74) is 0.822. The Morgan fingerprint density at radius 2 is 1.56 bits per heavy atom. The minimum Gasteiger partial charge on any atom is -0.243 e. The van der Waals surface area contributed by atoms with Gasteiger partial charge in [0.2, 0.25) is 0 Å². The third-order valence-electron chi connectivity index (χ3n) is 2.57. The molecule has 0 bridgehead atoms. The van der Waals surface area contributed by atoms with Crippen LogP contribution in [0.2, 0.25) is 19.6 Å². The highest BCUT2D eigenvalue weighted by Gasteiger charge is 2.30. The first-order chi connectivity index (χ1) is 7.34. The molecule has 0 atom stereocenters. The highest BCUT2D eigenvalue weighted by molar-refractivity contribution is 6.90. The van der Waals surface area contributed by atoms with Crippen LogP contribution < -0.4 is 5.19 Å². The molecule has 0 aliphatic carbocycles. The number of aromatic nitrogens is 2. The molecule has 2 aromatic rings. The van der Waals surface area contributed by atoms with E-state index in [9.17, 15) is 8.78 Å². The van der Waals surface area contributed by atoms with Gasteiger partial charge in [0.25, 0.3) is 0 Å². The Morgan fingerprint density at radius 1 is 1.00 bits per heavy atom. The van der Waals surface area contributed by atoms with Crippen LogP contribution in [0.15, 0.2) is 4.63 Å². The Morgan fingerprint density at radius 3 is 2.12 bits per heavy atom. The molecule has 2 rings (SSSR count). The summed E-state index contributed by atoms with van der Waals surface area (Å²) in [6.45, 7) is 7.25. The predicted molar refractivity (Wildman–Crippen MR) is 59.4 cm³/mol. The van der Waals surface area contributed by atoms with Gasteiger partial charge in [0, 0.05) is 10.8 Å². The lowest BCUT2D eigenvalue weighted by molar-refractivity contribution is 0.315. The zero-order valence-corrected chi connectivity index (χ0v) is 10.6. The summed E-state index contributed by atoms with van der Waals surface area (Å²) in [5.74, 6) is -1.65. The molecular formula is C10H12F2N2OSi. The molecule has 0 unspecified atom stereocenters. The summed E-state index contributed by atoms with van der Waals surface area (Å²) in [7, 11) is -2.04. The fraction of sp³-hybridized carbons (Fsp3) is 0.400. The highest BCUT2D eigenvalue weighted by Crippen LogP contribution is 2.22. The van der Waals surface area contributed by atoms with Crippen LogP contribution in [0.4, 0.5) is 8.78 Å². The van der Waals surface area contributed by atoms with Gasteiger partial charge in [-0.25, -0.2) is 13.4 Å². The monoisotopic (exact) mass is 242 g/mol. The van der Waals surface area contributed by atoms with Crippen molar-refractivity contribution in [3.8, 4) is 0 Å². The maximum absolute atomic E-state index is 13.9. The van der Waals surface area contributed by atoms with Crippen molar-refractivity contribution in [2.45, 2.75) is 26.6 Å². The van der Waals surface area contributed by atoms with Crippen LogP contribution in [0.1, 0.15) is 5.56 Å². The van der Waals surface area contributed by atoms with Gasteiger partial charge in [0.15, 0.2) is 11.6 Å². The van der Waals surface area contributed by atoms with Gasteiger partial charge in [-0.05, 0) is 17.2 Å². The number of aryl methyl sites for hydroxylation is 1. The molecule has 86 valence electrons. The summed E-state index contributed by atoms with van der Waals surface area (Å²) in [4.78, 5) is 0. The van der Waals surface area contributed by atoms with Crippen LogP contribution in [0.3, 0.4) is 0 Å². The molecule has 0 aliphatic heterocycles. The van der Waals surface area contributed by atoms with Gasteiger partial charge in [0.05, 0.1) is 8.07 Å². The van der Waals surface area contributed by atoms with E-state index >= 15 is 0 Å². The van der Waals surface area contributed by atoms with Gasteiger partial charge in [-0.15, -0.1) is 0 Å². The van der Waals surface area contributed by atoms with Crippen molar-refractivity contribution < 1.29 is 13.4 Å². The SMILES string of the molecule is Cc1c(F)c(F)c([Si](C)(C)C)c2nonc12. The fourth-order valence-corrected chi connectivity index (χ4v) is 3.41. The van der Waals surface area contributed by atoms with Gasteiger partial charge in [-0.3, -0.25) is 0 Å². The lowest BCUT2D eigenvalue weighted by Crippen LogP contribution is -2.41. The Hall–Kier alpha value is -1.30. The largest absolute Gasteiger partial charge is 0.243 e. The second-order valence-electron chi connectivity index (χ2n) is 4.84. The van der Waals surface area contributed by atoms with Gasteiger partial charge in [0.1, 0.15) is 11.0 Å². The van der Waals surface area contributed by atoms with E-state index in [0.717, 1.165) is 0 Å². The Kier molecular flexibility index (Phi) is 2.34. The zero-order valence-electron chi connectivity index (χ0n) is 9.56. The molecule has 0 fully saturated rings. The molecule has 0 N–H and O–H groups in total. The molecule has 1 aromatic heterocycles. The number of halogens is 2. The molecule has 0 radical (unpaired) electrons. The first-order valence-corrected chi connectivity index (χ1v) is 8.44. The molecule has 0 aliphatic rings. The molecule has 1 aromatic carbocycles. The number of hydrogen-bond donors (Lipinski definition) is 0. The topological polar surface area (TPSA) is 38.9 Å². The van der Waals surface area contributed by atoms with E-state index < -0.39 is 19.7 Å². The molecule has 1 heterocycles. The van der Waals surface area contributed by atoms with Crippen molar-refractivity contribution in [2.75, 3.05) is 0 Å². The lowest BCUT2D eigenvalue weighted by atomic mass is 10.2. The van der Waals surface area contributed by atoms with Crippen molar-refractivity contribution in [3.63, 3.8) is 0 Å². The average Bonchev–Trinajstić information content (AvgIpc) is 2.61. The fourth-order valence-electron chi connectivity index (χ4n) is 1.77. The average molecular weight is 242 g/mol. The molecule has 0 amide bonds. The van der Waals surface area contributed by atoms with E-state index in [2.05, 4.69) is 14.9 Å². The van der Waals surface area contributed by atoms with Gasteiger partial charge in [-0.1, -0.05) is 19.6 Å². The normalized spacial score (nSPS) is 12.4. The van der Waals surface area contributed by atoms with E-state index in [0.29, 0.717) is 16.2 Å². The number of rotatable bonds is 1. The number of hydrogen-bond acceptors (Lipinski definition) is 3. The molecular weight excluding hydrogens is 230 g/mol. The third kappa shape index (κ3) is 1.44. The first kappa shape index (κ1) is 11.2. The van der Waals surface area contributed by atoms with E-state index in [1.54, 1.807) is 0 Å². The maximum Gasteiger partial charge on any atom is 0.164 e. The van der Waals surface area contributed by atoms with Crippen LogP contribution in [-0.4, -0.2) is 18.4 Å². The third-order valence-corrected chi connectivity index (χ3v) is 4.53. The second-order valence-corrected chi connectivity index (χ2v) is 9.84. The van der Waals surface area contributed by atoms with Crippen molar-refractivity contribution in [3.05, 3.63) is 17.2 Å². The first-order valence-electron chi connectivity index (χ1n) is 4.94. The van der Waals surface area contributed by atoms with Crippen LogP contribution in [0.25, 0.3) is 11.0 Å². The molecule has 0 saturated heterocycles. The summed E-state index contributed by atoms with van der Waals surface area (Å²) in [6, 6.07) is 0. The highest BCUT2D eigenvalue weighted by atomic mass is 28.3. The van der Waals surface area contributed by atoms with Crippen molar-refractivity contribution in [2.24, 2.45) is 0 Å². The second kappa shape index (κ2) is 3.34. The minimum absolute atomic E-state index is 0.149. The van der Waals surface area contributed by atoms with Crippen molar-refractivity contribution in [1.29, 1.82) is 0 Å². The standard InChI is InChI=1S/C10H12F2N2OSi/c1-5-6(11)7(12)10(16(2,3)4)9-8(5)13-15-14-9/h1-4H3. The van der Waals surface area contributed by atoms with Crippen molar-refractivity contribution >= 4 is 24.3 Å². The predicted octanol–water partition coefficient (Wildman–Crippen LogP) is 2.35. The van der Waals surface area contributed by atoms with Crippen LogP contribution >= 0.6 is 0 Å². The van der Waals surface area contributed by atoms with Crippen LogP contribution in [0.5, 0.6) is 0 Å². The minimum atomic E-state index is -2.04. The molecule has 0 saturated carbocycles. The smallest absolute Gasteiger partial charge is 0.164 e. The van der Waals surface area contributed by atoms with E-state index in [4.69, 9.17) is 0 Å². The van der Waals surface area contributed by atoms with Crippen LogP contribution in [0, 0.1) is 18.6 Å². The summed E-state index contributed by atoms with van der Waals surface area (Å²) in [6.07, 6.45) is 0. The lowest BCUT2D eigenvalue weighted by Gasteiger charge is -2.18. The molecule has 16 heavy (non-hydrogen) atoms. The van der Waals surface area contributed by atoms with Crippen LogP contribution in [-0.2, 0) is 0 Å². The Balaban J connectivity index is 2.97. The van der Waals surface area contributed by atoms with E-state index in [1.165, 1.54) is 6.92 Å². The van der Waals surface area contributed by atoms with E-state index in [1.807, 2.05) is 19.6 Å². The van der Waals surface area contributed by atoms with Gasteiger partial charge in [-0.2, -0.15) is 0 Å². The van der Waals surface area contributed by atoms with Crippen molar-refractivity contribution in [1.82, 2.24) is 10.3 Å². The molecule has 6 heteroatoms. The quantitative estimate of drug-likeness (QED) is 0.721. The summed E-state index contributed by atoms with van der Waals surface area (Å²) >= 11 is 0. The number of fused-ring (bicyclic) bond motifs is 1. The molecule has 3 nitrogen and oxygen atoms in total. The Bertz CT molecular complexity index is 560. The summed E-state index contributed by atoms with van der Waals surface area (Å²) in [5, 5.41) is 7.65. The number of benzene rings is 1. The Labute approximate surface area is 92.4 Å². The van der Waals surface area contributed by atoms with E-state index in [-0.39, 0.29) is 5.56 Å². The zero-order chi connectivity index (χ0) is 12.1. The number of nitrogens with zero attached hydrogens (tertiary/aromatic N) is 2. The molecule has 0 spiro atoms. The summed E-state index contributed by atoms with van der Waals surface area (Å²) < 4.78 is 32.2. The maximum atomic E-state index is 13.9.